The van der Waals surface area contributed by atoms with Crippen molar-refractivity contribution in [1.82, 2.24) is 9.97 Å². The zero-order valence-corrected chi connectivity index (χ0v) is 11.2. The molecule has 0 saturated carbocycles. The SMILES string of the molecule is CCNc1cc(-c2ccccc2)nc(-c2ccoc2)n1. The van der Waals surface area contributed by atoms with E-state index >= 15 is 0 Å². The number of nitrogens with zero attached hydrogens (tertiary/aromatic N) is 2. The van der Waals surface area contributed by atoms with E-state index in [1.54, 1.807) is 12.5 Å². The average Bonchev–Trinajstić information content (AvgIpc) is 3.02. The molecule has 0 aliphatic heterocycles. The van der Waals surface area contributed by atoms with Crippen LogP contribution in [0.15, 0.2) is 59.4 Å². The number of aromatic nitrogens is 2. The summed E-state index contributed by atoms with van der Waals surface area (Å²) < 4.78 is 5.11. The Balaban J connectivity index is 2.10. The minimum absolute atomic E-state index is 0.663. The van der Waals surface area contributed by atoms with Crippen molar-refractivity contribution in [3.05, 3.63) is 55.0 Å². The highest BCUT2D eigenvalue weighted by Crippen LogP contribution is 2.24. The molecule has 0 saturated heterocycles. The van der Waals surface area contributed by atoms with E-state index in [1.807, 2.05) is 49.4 Å². The van der Waals surface area contributed by atoms with E-state index in [9.17, 15) is 0 Å². The van der Waals surface area contributed by atoms with Crippen molar-refractivity contribution in [1.29, 1.82) is 0 Å². The summed E-state index contributed by atoms with van der Waals surface area (Å²) in [5, 5.41) is 3.24. The Hall–Kier alpha value is -2.62. The Labute approximate surface area is 117 Å². The van der Waals surface area contributed by atoms with Gasteiger partial charge in [0.05, 0.1) is 17.5 Å². The molecule has 0 unspecified atom stereocenters. The first-order valence-electron chi connectivity index (χ1n) is 6.58. The van der Waals surface area contributed by atoms with Crippen LogP contribution < -0.4 is 5.32 Å². The first-order valence-corrected chi connectivity index (χ1v) is 6.58. The summed E-state index contributed by atoms with van der Waals surface area (Å²) in [5.41, 5.74) is 2.84. The summed E-state index contributed by atoms with van der Waals surface area (Å²) in [6, 6.07) is 13.9. The maximum atomic E-state index is 5.11. The standard InChI is InChI=1S/C16H15N3O/c1-2-17-15-10-14(12-6-4-3-5-7-12)18-16(19-15)13-8-9-20-11-13/h3-11H,2H2,1H3,(H,17,18,19). The smallest absolute Gasteiger partial charge is 0.165 e. The van der Waals surface area contributed by atoms with Gasteiger partial charge in [0.2, 0.25) is 0 Å². The van der Waals surface area contributed by atoms with Crippen LogP contribution in [0.4, 0.5) is 5.82 Å². The Bertz CT molecular complexity index is 678. The van der Waals surface area contributed by atoms with Crippen LogP contribution in [0.25, 0.3) is 22.6 Å². The number of anilines is 1. The van der Waals surface area contributed by atoms with Crippen LogP contribution in [0.5, 0.6) is 0 Å². The minimum Gasteiger partial charge on any atom is -0.472 e. The Kier molecular flexibility index (Phi) is 3.46. The molecule has 1 aromatic carbocycles. The summed E-state index contributed by atoms with van der Waals surface area (Å²) in [4.78, 5) is 9.13. The van der Waals surface area contributed by atoms with E-state index in [2.05, 4.69) is 15.3 Å². The van der Waals surface area contributed by atoms with Gasteiger partial charge in [-0.15, -0.1) is 0 Å². The average molecular weight is 265 g/mol. The van der Waals surface area contributed by atoms with Crippen molar-refractivity contribution in [2.75, 3.05) is 11.9 Å². The summed E-state index contributed by atoms with van der Waals surface area (Å²) in [6.45, 7) is 2.86. The predicted molar refractivity (Wildman–Crippen MR) is 79.3 cm³/mol. The lowest BCUT2D eigenvalue weighted by molar-refractivity contribution is 0.568. The first-order chi connectivity index (χ1) is 9.86. The van der Waals surface area contributed by atoms with Crippen molar-refractivity contribution in [2.45, 2.75) is 6.92 Å². The lowest BCUT2D eigenvalue weighted by Gasteiger charge is -2.08. The van der Waals surface area contributed by atoms with E-state index in [4.69, 9.17) is 4.42 Å². The van der Waals surface area contributed by atoms with Gasteiger partial charge in [0.1, 0.15) is 12.1 Å². The van der Waals surface area contributed by atoms with Crippen LogP contribution in [0, 0.1) is 0 Å². The fourth-order valence-corrected chi connectivity index (χ4v) is 2.00. The van der Waals surface area contributed by atoms with E-state index < -0.39 is 0 Å². The molecule has 0 radical (unpaired) electrons. The Morgan fingerprint density at radius 2 is 1.90 bits per heavy atom. The fourth-order valence-electron chi connectivity index (χ4n) is 2.00. The third kappa shape index (κ3) is 2.54. The molecule has 0 aliphatic carbocycles. The largest absolute Gasteiger partial charge is 0.472 e. The molecule has 3 aromatic rings. The van der Waals surface area contributed by atoms with Crippen molar-refractivity contribution in [3.8, 4) is 22.6 Å². The molecular weight excluding hydrogens is 250 g/mol. The second kappa shape index (κ2) is 5.57. The quantitative estimate of drug-likeness (QED) is 0.778. The molecule has 0 bridgehead atoms. The molecule has 4 nitrogen and oxygen atoms in total. The van der Waals surface area contributed by atoms with Gasteiger partial charge in [0.15, 0.2) is 5.82 Å². The van der Waals surface area contributed by atoms with Crippen LogP contribution in [-0.4, -0.2) is 16.5 Å². The summed E-state index contributed by atoms with van der Waals surface area (Å²) in [6.07, 6.45) is 3.28. The van der Waals surface area contributed by atoms with Gasteiger partial charge in [-0.1, -0.05) is 30.3 Å². The number of hydrogen-bond acceptors (Lipinski definition) is 4. The van der Waals surface area contributed by atoms with Crippen molar-refractivity contribution >= 4 is 5.82 Å². The molecule has 0 amide bonds. The first kappa shape index (κ1) is 12.4. The summed E-state index contributed by atoms with van der Waals surface area (Å²) in [7, 11) is 0. The molecule has 100 valence electrons. The second-order valence-electron chi connectivity index (χ2n) is 4.37. The van der Waals surface area contributed by atoms with Crippen LogP contribution in [-0.2, 0) is 0 Å². The topological polar surface area (TPSA) is 51.0 Å². The summed E-state index contributed by atoms with van der Waals surface area (Å²) >= 11 is 0. The molecule has 0 atom stereocenters. The highest BCUT2D eigenvalue weighted by atomic mass is 16.3. The molecule has 0 aliphatic rings. The number of nitrogens with one attached hydrogen (secondary N) is 1. The fraction of sp³-hybridized carbons (Fsp3) is 0.125. The number of furan rings is 1. The lowest BCUT2D eigenvalue weighted by atomic mass is 10.1. The zero-order chi connectivity index (χ0) is 13.8. The third-order valence-electron chi connectivity index (χ3n) is 2.93. The van der Waals surface area contributed by atoms with Crippen molar-refractivity contribution in [3.63, 3.8) is 0 Å². The molecule has 1 N–H and O–H groups in total. The van der Waals surface area contributed by atoms with E-state index in [0.29, 0.717) is 5.82 Å². The van der Waals surface area contributed by atoms with Gasteiger partial charge < -0.3 is 9.73 Å². The van der Waals surface area contributed by atoms with Gasteiger partial charge in [-0.25, -0.2) is 9.97 Å². The van der Waals surface area contributed by atoms with E-state index in [1.165, 1.54) is 0 Å². The number of benzene rings is 1. The lowest BCUT2D eigenvalue weighted by Crippen LogP contribution is -2.02. The zero-order valence-electron chi connectivity index (χ0n) is 11.2. The van der Waals surface area contributed by atoms with Gasteiger partial charge in [0, 0.05) is 18.2 Å². The van der Waals surface area contributed by atoms with Crippen LogP contribution in [0.2, 0.25) is 0 Å². The van der Waals surface area contributed by atoms with Crippen LogP contribution >= 0.6 is 0 Å². The molecule has 20 heavy (non-hydrogen) atoms. The van der Waals surface area contributed by atoms with Gasteiger partial charge >= 0.3 is 0 Å². The third-order valence-corrected chi connectivity index (χ3v) is 2.93. The monoisotopic (exact) mass is 265 g/mol. The van der Waals surface area contributed by atoms with Crippen molar-refractivity contribution in [2.24, 2.45) is 0 Å². The van der Waals surface area contributed by atoms with Crippen LogP contribution in [0.3, 0.4) is 0 Å². The normalized spacial score (nSPS) is 10.4. The highest BCUT2D eigenvalue weighted by Gasteiger charge is 2.09. The maximum Gasteiger partial charge on any atom is 0.165 e. The van der Waals surface area contributed by atoms with Gasteiger partial charge in [0.25, 0.3) is 0 Å². The van der Waals surface area contributed by atoms with Gasteiger partial charge in [-0.3, -0.25) is 0 Å². The van der Waals surface area contributed by atoms with E-state index in [-0.39, 0.29) is 0 Å². The predicted octanol–water partition coefficient (Wildman–Crippen LogP) is 3.84. The molecule has 2 aromatic heterocycles. The molecule has 3 rings (SSSR count). The second-order valence-corrected chi connectivity index (χ2v) is 4.37. The van der Waals surface area contributed by atoms with E-state index in [0.717, 1.165) is 29.2 Å². The number of hydrogen-bond donors (Lipinski definition) is 1. The molecule has 2 heterocycles. The van der Waals surface area contributed by atoms with Gasteiger partial charge in [-0.05, 0) is 13.0 Å². The van der Waals surface area contributed by atoms with Gasteiger partial charge in [-0.2, -0.15) is 0 Å². The Morgan fingerprint density at radius 1 is 1.05 bits per heavy atom. The summed E-state index contributed by atoms with van der Waals surface area (Å²) in [5.74, 6) is 1.48. The highest BCUT2D eigenvalue weighted by molar-refractivity contribution is 5.67. The number of rotatable bonds is 4. The maximum absolute atomic E-state index is 5.11. The Morgan fingerprint density at radius 3 is 2.60 bits per heavy atom. The van der Waals surface area contributed by atoms with Crippen LogP contribution in [0.1, 0.15) is 6.92 Å². The minimum atomic E-state index is 0.663. The molecule has 4 heteroatoms. The molecule has 0 spiro atoms. The van der Waals surface area contributed by atoms with Crippen molar-refractivity contribution < 1.29 is 4.42 Å². The molecule has 0 fully saturated rings. The molecular formula is C16H15N3O.